The van der Waals surface area contributed by atoms with E-state index in [9.17, 15) is 4.79 Å². The number of benzene rings is 1. The normalized spacial score (nSPS) is 14.7. The Morgan fingerprint density at radius 1 is 1.41 bits per heavy atom. The van der Waals surface area contributed by atoms with E-state index in [1.54, 1.807) is 12.1 Å². The lowest BCUT2D eigenvalue weighted by atomic mass is 10.2. The van der Waals surface area contributed by atoms with Crippen LogP contribution in [0.1, 0.15) is 10.4 Å². The molecule has 1 heterocycles. The number of aliphatic imine (C=N–C) groups is 1. The highest BCUT2D eigenvalue weighted by Crippen LogP contribution is 2.22. The zero-order valence-corrected chi connectivity index (χ0v) is 10.2. The van der Waals surface area contributed by atoms with Gasteiger partial charge in [0.2, 0.25) is 0 Å². The Kier molecular flexibility index (Phi) is 3.36. The van der Waals surface area contributed by atoms with Crippen LogP contribution in [0.5, 0.6) is 0 Å². The second-order valence-electron chi connectivity index (χ2n) is 3.48. The molecular formula is C11H9Cl2N3O. The monoisotopic (exact) mass is 269 g/mol. The fraction of sp³-hybridized carbons (Fsp3) is 0.0909. The van der Waals surface area contributed by atoms with Crippen molar-refractivity contribution in [2.75, 3.05) is 6.67 Å². The van der Waals surface area contributed by atoms with Gasteiger partial charge in [-0.3, -0.25) is 14.7 Å². The van der Waals surface area contributed by atoms with Crippen molar-refractivity contribution >= 4 is 35.3 Å². The summed E-state index contributed by atoms with van der Waals surface area (Å²) in [6, 6.07) is 4.72. The SMILES string of the molecule is NC1=CN(C(=O)c2ccc(Cl)cc2Cl)CN=C1. The number of nitrogens with zero attached hydrogens (tertiary/aromatic N) is 2. The number of hydrogen-bond donors (Lipinski definition) is 1. The molecule has 17 heavy (non-hydrogen) atoms. The van der Waals surface area contributed by atoms with E-state index in [0.717, 1.165) is 0 Å². The fourth-order valence-corrected chi connectivity index (χ4v) is 1.92. The van der Waals surface area contributed by atoms with Gasteiger partial charge >= 0.3 is 0 Å². The second-order valence-corrected chi connectivity index (χ2v) is 4.32. The summed E-state index contributed by atoms with van der Waals surface area (Å²) in [6.07, 6.45) is 3.04. The highest BCUT2D eigenvalue weighted by molar-refractivity contribution is 6.36. The third-order valence-corrected chi connectivity index (χ3v) is 2.75. The first-order chi connectivity index (χ1) is 8.08. The van der Waals surface area contributed by atoms with Crippen molar-refractivity contribution in [1.29, 1.82) is 0 Å². The van der Waals surface area contributed by atoms with Gasteiger partial charge in [0.25, 0.3) is 5.91 Å². The van der Waals surface area contributed by atoms with Crippen molar-refractivity contribution < 1.29 is 4.79 Å². The number of nitrogens with two attached hydrogens (primary N) is 1. The van der Waals surface area contributed by atoms with Gasteiger partial charge in [-0.05, 0) is 18.2 Å². The Bertz CT molecular complexity index is 525. The maximum Gasteiger partial charge on any atom is 0.260 e. The molecule has 0 saturated carbocycles. The van der Waals surface area contributed by atoms with Gasteiger partial charge in [-0.2, -0.15) is 0 Å². The molecule has 1 aromatic carbocycles. The summed E-state index contributed by atoms with van der Waals surface area (Å²) in [5, 5.41) is 0.794. The van der Waals surface area contributed by atoms with Gasteiger partial charge in [0, 0.05) is 17.4 Å². The number of hydrogen-bond acceptors (Lipinski definition) is 3. The maximum absolute atomic E-state index is 12.1. The molecule has 0 unspecified atom stereocenters. The third-order valence-electron chi connectivity index (χ3n) is 2.20. The molecule has 1 aromatic rings. The molecule has 0 bridgehead atoms. The summed E-state index contributed by atoms with van der Waals surface area (Å²) in [5.41, 5.74) is 6.37. The first kappa shape index (κ1) is 12.0. The van der Waals surface area contributed by atoms with Crippen molar-refractivity contribution in [2.24, 2.45) is 10.7 Å². The highest BCUT2D eigenvalue weighted by Gasteiger charge is 2.18. The molecule has 0 fully saturated rings. The smallest absolute Gasteiger partial charge is 0.260 e. The van der Waals surface area contributed by atoms with Gasteiger partial charge in [-0.1, -0.05) is 23.2 Å². The van der Waals surface area contributed by atoms with Crippen LogP contribution in [-0.2, 0) is 0 Å². The van der Waals surface area contributed by atoms with Crippen molar-refractivity contribution in [1.82, 2.24) is 4.90 Å². The molecule has 1 aliphatic rings. The van der Waals surface area contributed by atoms with Crippen LogP contribution in [0, 0.1) is 0 Å². The van der Waals surface area contributed by atoms with E-state index in [2.05, 4.69) is 4.99 Å². The van der Waals surface area contributed by atoms with Crippen molar-refractivity contribution in [3.8, 4) is 0 Å². The largest absolute Gasteiger partial charge is 0.396 e. The minimum atomic E-state index is -0.258. The van der Waals surface area contributed by atoms with E-state index < -0.39 is 0 Å². The van der Waals surface area contributed by atoms with Crippen LogP contribution < -0.4 is 5.73 Å². The topological polar surface area (TPSA) is 58.7 Å². The first-order valence-corrected chi connectivity index (χ1v) is 5.56. The zero-order valence-electron chi connectivity index (χ0n) is 8.73. The van der Waals surface area contributed by atoms with Gasteiger partial charge < -0.3 is 5.73 Å². The number of halogens is 2. The van der Waals surface area contributed by atoms with E-state index >= 15 is 0 Å². The predicted octanol–water partition coefficient (Wildman–Crippen LogP) is 2.28. The zero-order chi connectivity index (χ0) is 12.4. The summed E-state index contributed by atoms with van der Waals surface area (Å²) in [7, 11) is 0. The Morgan fingerprint density at radius 3 is 2.82 bits per heavy atom. The summed E-state index contributed by atoms with van der Waals surface area (Å²) in [6.45, 7) is 0.235. The lowest BCUT2D eigenvalue weighted by molar-refractivity contribution is 0.0824. The number of allylic oxidation sites excluding steroid dienone is 1. The highest BCUT2D eigenvalue weighted by atomic mass is 35.5. The molecule has 1 aliphatic heterocycles. The Labute approximate surface area is 108 Å². The molecule has 0 atom stereocenters. The van der Waals surface area contributed by atoms with Crippen LogP contribution >= 0.6 is 23.2 Å². The van der Waals surface area contributed by atoms with E-state index in [1.165, 1.54) is 23.4 Å². The van der Waals surface area contributed by atoms with Gasteiger partial charge in [0.05, 0.1) is 16.3 Å². The second kappa shape index (κ2) is 4.77. The molecule has 0 radical (unpaired) electrons. The maximum atomic E-state index is 12.1. The van der Waals surface area contributed by atoms with Gasteiger partial charge in [0.1, 0.15) is 6.67 Å². The summed E-state index contributed by atoms with van der Waals surface area (Å²) >= 11 is 11.7. The summed E-state index contributed by atoms with van der Waals surface area (Å²) < 4.78 is 0. The van der Waals surface area contributed by atoms with Gasteiger partial charge in [-0.15, -0.1) is 0 Å². The predicted molar refractivity (Wildman–Crippen MR) is 68.3 cm³/mol. The number of rotatable bonds is 1. The van der Waals surface area contributed by atoms with Crippen LogP contribution in [0.25, 0.3) is 0 Å². The molecule has 1 amide bonds. The molecule has 2 N–H and O–H groups in total. The molecule has 0 aromatic heterocycles. The molecule has 0 aliphatic carbocycles. The molecule has 4 nitrogen and oxygen atoms in total. The minimum absolute atomic E-state index is 0.235. The van der Waals surface area contributed by atoms with E-state index in [0.29, 0.717) is 21.3 Å². The van der Waals surface area contributed by atoms with Crippen molar-refractivity contribution in [3.05, 3.63) is 45.7 Å². The third kappa shape index (κ3) is 2.60. The Balaban J connectivity index is 2.29. The van der Waals surface area contributed by atoms with Crippen molar-refractivity contribution in [3.63, 3.8) is 0 Å². The van der Waals surface area contributed by atoms with Crippen LogP contribution in [0.2, 0.25) is 10.0 Å². The lowest BCUT2D eigenvalue weighted by Gasteiger charge is -2.19. The quantitative estimate of drug-likeness (QED) is 0.851. The fourth-order valence-electron chi connectivity index (χ4n) is 1.43. The molecule has 2 rings (SSSR count). The van der Waals surface area contributed by atoms with Crippen LogP contribution in [0.3, 0.4) is 0 Å². The summed E-state index contributed by atoms with van der Waals surface area (Å²) in [4.78, 5) is 17.4. The lowest BCUT2D eigenvalue weighted by Crippen LogP contribution is -2.30. The Morgan fingerprint density at radius 2 is 2.18 bits per heavy atom. The van der Waals surface area contributed by atoms with Crippen LogP contribution in [-0.4, -0.2) is 23.7 Å². The minimum Gasteiger partial charge on any atom is -0.396 e. The first-order valence-electron chi connectivity index (χ1n) is 4.81. The van der Waals surface area contributed by atoms with Crippen LogP contribution in [0.15, 0.2) is 35.1 Å². The van der Waals surface area contributed by atoms with E-state index in [-0.39, 0.29) is 12.6 Å². The number of carbonyl (C=O) groups excluding carboxylic acids is 1. The average Bonchev–Trinajstić information content (AvgIpc) is 2.28. The standard InChI is InChI=1S/C11H9Cl2N3O/c12-7-1-2-9(10(13)3-7)11(17)16-5-8(14)4-15-6-16/h1-5H,6,14H2. The van der Waals surface area contributed by atoms with Crippen LogP contribution in [0.4, 0.5) is 0 Å². The van der Waals surface area contributed by atoms with Gasteiger partial charge in [-0.25, -0.2) is 0 Å². The van der Waals surface area contributed by atoms with Gasteiger partial charge in [0.15, 0.2) is 0 Å². The molecule has 0 saturated heterocycles. The number of amides is 1. The molecule has 6 heteroatoms. The number of carbonyl (C=O) groups is 1. The average molecular weight is 270 g/mol. The molecular weight excluding hydrogens is 261 g/mol. The van der Waals surface area contributed by atoms with E-state index in [4.69, 9.17) is 28.9 Å². The van der Waals surface area contributed by atoms with Crippen molar-refractivity contribution in [2.45, 2.75) is 0 Å². The molecule has 0 spiro atoms. The Hall–Kier alpha value is -1.52. The summed E-state index contributed by atoms with van der Waals surface area (Å²) in [5.74, 6) is -0.258. The van der Waals surface area contributed by atoms with E-state index in [1.807, 2.05) is 0 Å². The molecule has 88 valence electrons.